The van der Waals surface area contributed by atoms with Crippen molar-refractivity contribution in [3.05, 3.63) is 33.9 Å². The van der Waals surface area contributed by atoms with Crippen molar-refractivity contribution in [1.29, 1.82) is 0 Å². The number of anilines is 1. The number of para-hydroxylation sites is 1. The minimum atomic E-state index is -0.640. The Bertz CT molecular complexity index is 705. The minimum absolute atomic E-state index is 0.132. The highest BCUT2D eigenvalue weighted by Gasteiger charge is 2.31. The summed E-state index contributed by atoms with van der Waals surface area (Å²) in [4.78, 5) is 38.3. The molecule has 1 saturated heterocycles. The third-order valence-electron chi connectivity index (χ3n) is 3.86. The molecule has 1 aromatic carbocycles. The number of carbonyl (C=O) groups is 2. The van der Waals surface area contributed by atoms with Gasteiger partial charge >= 0.3 is 12.1 Å². The summed E-state index contributed by atoms with van der Waals surface area (Å²) < 4.78 is 10.1. The lowest BCUT2D eigenvalue weighted by Crippen LogP contribution is -2.50. The minimum Gasteiger partial charge on any atom is -0.465 e. The van der Waals surface area contributed by atoms with Crippen LogP contribution < -0.4 is 4.90 Å². The molecule has 1 aliphatic rings. The second-order valence-corrected chi connectivity index (χ2v) is 6.88. The molecule has 0 unspecified atom stereocenters. The fourth-order valence-corrected chi connectivity index (χ4v) is 2.72. The van der Waals surface area contributed by atoms with Crippen LogP contribution in [0.25, 0.3) is 0 Å². The second-order valence-electron chi connectivity index (χ2n) is 6.88. The molecule has 0 N–H and O–H groups in total. The third-order valence-corrected chi connectivity index (χ3v) is 3.86. The molecule has 0 saturated carbocycles. The van der Waals surface area contributed by atoms with Gasteiger partial charge in [0.25, 0.3) is 5.69 Å². The molecule has 9 heteroatoms. The average Bonchev–Trinajstić information content (AvgIpc) is 2.59. The number of nitro groups is 1. The van der Waals surface area contributed by atoms with Crippen LogP contribution in [0.3, 0.4) is 0 Å². The van der Waals surface area contributed by atoms with E-state index < -0.39 is 22.6 Å². The number of nitro benzene ring substituents is 1. The molecule has 1 heterocycles. The largest absolute Gasteiger partial charge is 0.465 e. The quantitative estimate of drug-likeness (QED) is 0.460. The Labute approximate surface area is 151 Å². The van der Waals surface area contributed by atoms with Gasteiger partial charge in [0.05, 0.1) is 17.6 Å². The monoisotopic (exact) mass is 365 g/mol. The zero-order valence-electron chi connectivity index (χ0n) is 15.4. The Hall–Kier alpha value is -2.84. The number of hydrogen-bond acceptors (Lipinski definition) is 7. The summed E-state index contributed by atoms with van der Waals surface area (Å²) in [6, 6.07) is 4.29. The van der Waals surface area contributed by atoms with Crippen molar-refractivity contribution in [1.82, 2.24) is 4.90 Å². The highest BCUT2D eigenvalue weighted by atomic mass is 16.6. The smallest absolute Gasteiger partial charge is 0.410 e. The maximum Gasteiger partial charge on any atom is 0.410 e. The zero-order valence-corrected chi connectivity index (χ0v) is 15.4. The average molecular weight is 365 g/mol. The predicted molar refractivity (Wildman–Crippen MR) is 94.5 cm³/mol. The van der Waals surface area contributed by atoms with Crippen LogP contribution in [0.2, 0.25) is 0 Å². The van der Waals surface area contributed by atoms with Crippen LogP contribution in [0.4, 0.5) is 16.2 Å². The van der Waals surface area contributed by atoms with E-state index in [1.165, 1.54) is 25.3 Å². The summed E-state index contributed by atoms with van der Waals surface area (Å²) in [5, 5.41) is 11.4. The van der Waals surface area contributed by atoms with E-state index >= 15 is 0 Å². The van der Waals surface area contributed by atoms with E-state index in [9.17, 15) is 19.7 Å². The van der Waals surface area contributed by atoms with Gasteiger partial charge in [-0.1, -0.05) is 6.07 Å². The molecule has 0 atom stereocenters. The van der Waals surface area contributed by atoms with Gasteiger partial charge in [-0.3, -0.25) is 10.1 Å². The first-order chi connectivity index (χ1) is 12.1. The maximum atomic E-state index is 12.2. The molecule has 2 rings (SSSR count). The molecule has 0 aromatic heterocycles. The van der Waals surface area contributed by atoms with Crippen LogP contribution in [-0.2, 0) is 9.47 Å². The van der Waals surface area contributed by atoms with Gasteiger partial charge in [0.15, 0.2) is 0 Å². The zero-order chi connectivity index (χ0) is 19.5. The van der Waals surface area contributed by atoms with Crippen LogP contribution in [0.5, 0.6) is 0 Å². The number of methoxy groups -OCH3 is 1. The number of rotatable bonds is 3. The van der Waals surface area contributed by atoms with Crippen LogP contribution >= 0.6 is 0 Å². The molecule has 9 nitrogen and oxygen atoms in total. The van der Waals surface area contributed by atoms with Crippen molar-refractivity contribution in [3.63, 3.8) is 0 Å². The Balaban J connectivity index is 2.22. The van der Waals surface area contributed by atoms with Gasteiger partial charge in [-0.2, -0.15) is 0 Å². The van der Waals surface area contributed by atoms with Crippen LogP contribution in [0.1, 0.15) is 31.1 Å². The summed E-state index contributed by atoms with van der Waals surface area (Å²) in [5.41, 5.74) is -0.413. The fourth-order valence-electron chi connectivity index (χ4n) is 2.72. The van der Waals surface area contributed by atoms with Gasteiger partial charge in [-0.15, -0.1) is 0 Å². The standard InChI is InChI=1S/C17H23N3O6/c1-17(2,3)26-16(22)19-10-8-18(9-11-19)14-12(15(21)25-4)6-5-7-13(14)20(23)24/h5-7H,8-11H2,1-4H3. The first-order valence-electron chi connectivity index (χ1n) is 8.22. The normalized spacial score (nSPS) is 14.8. The van der Waals surface area contributed by atoms with Gasteiger partial charge < -0.3 is 19.3 Å². The number of nitrogens with zero attached hydrogens (tertiary/aromatic N) is 3. The first-order valence-corrected chi connectivity index (χ1v) is 8.22. The molecule has 1 amide bonds. The van der Waals surface area contributed by atoms with E-state index in [1.54, 1.807) is 30.6 Å². The van der Waals surface area contributed by atoms with E-state index in [4.69, 9.17) is 9.47 Å². The van der Waals surface area contributed by atoms with E-state index in [0.29, 0.717) is 26.2 Å². The lowest BCUT2D eigenvalue weighted by atomic mass is 10.1. The number of carbonyl (C=O) groups excluding carboxylic acids is 2. The molecule has 26 heavy (non-hydrogen) atoms. The molecule has 0 spiro atoms. The number of benzene rings is 1. The van der Waals surface area contributed by atoms with Crippen LogP contribution in [-0.4, -0.2) is 60.8 Å². The predicted octanol–water partition coefficient (Wildman–Crippen LogP) is 2.44. The molecule has 1 fully saturated rings. The summed E-state index contributed by atoms with van der Waals surface area (Å²) in [5.74, 6) is -0.640. The first kappa shape index (κ1) is 19.5. The van der Waals surface area contributed by atoms with Gasteiger partial charge in [-0.05, 0) is 26.8 Å². The highest BCUT2D eigenvalue weighted by Crippen LogP contribution is 2.33. The molecular formula is C17H23N3O6. The summed E-state index contributed by atoms with van der Waals surface area (Å²) >= 11 is 0. The lowest BCUT2D eigenvalue weighted by Gasteiger charge is -2.36. The molecule has 0 bridgehead atoms. The second kappa shape index (κ2) is 7.59. The molecule has 0 aliphatic carbocycles. The summed E-state index contributed by atoms with van der Waals surface area (Å²) in [7, 11) is 1.23. The molecule has 1 aromatic rings. The molecule has 0 radical (unpaired) electrons. The Morgan fingerprint density at radius 1 is 1.15 bits per heavy atom. The van der Waals surface area contributed by atoms with E-state index in [0.717, 1.165) is 0 Å². The van der Waals surface area contributed by atoms with Crippen molar-refractivity contribution in [2.75, 3.05) is 38.2 Å². The maximum absolute atomic E-state index is 12.2. The molecule has 142 valence electrons. The van der Waals surface area contributed by atoms with Crippen molar-refractivity contribution in [2.45, 2.75) is 26.4 Å². The van der Waals surface area contributed by atoms with E-state index in [-0.39, 0.29) is 16.9 Å². The third kappa shape index (κ3) is 4.41. The van der Waals surface area contributed by atoms with Crippen molar-refractivity contribution < 1.29 is 24.0 Å². The number of piperazine rings is 1. The van der Waals surface area contributed by atoms with Crippen LogP contribution in [0.15, 0.2) is 18.2 Å². The Kier molecular flexibility index (Phi) is 5.69. The van der Waals surface area contributed by atoms with Gasteiger partial charge in [0, 0.05) is 32.2 Å². The fraction of sp³-hybridized carbons (Fsp3) is 0.529. The summed E-state index contributed by atoms with van der Waals surface area (Å²) in [6.45, 7) is 6.72. The van der Waals surface area contributed by atoms with Crippen molar-refractivity contribution >= 4 is 23.4 Å². The topological polar surface area (TPSA) is 102 Å². The Morgan fingerprint density at radius 3 is 2.27 bits per heavy atom. The number of esters is 1. The number of hydrogen-bond donors (Lipinski definition) is 0. The van der Waals surface area contributed by atoms with E-state index in [2.05, 4.69) is 0 Å². The summed E-state index contributed by atoms with van der Waals surface area (Å²) in [6.07, 6.45) is -0.423. The number of ether oxygens (including phenoxy) is 2. The molecular weight excluding hydrogens is 342 g/mol. The van der Waals surface area contributed by atoms with Gasteiger partial charge in [0.1, 0.15) is 11.3 Å². The van der Waals surface area contributed by atoms with Crippen LogP contribution in [0, 0.1) is 10.1 Å². The van der Waals surface area contributed by atoms with E-state index in [1.807, 2.05) is 0 Å². The van der Waals surface area contributed by atoms with Crippen molar-refractivity contribution in [3.8, 4) is 0 Å². The van der Waals surface area contributed by atoms with Crippen molar-refractivity contribution in [2.24, 2.45) is 0 Å². The highest BCUT2D eigenvalue weighted by molar-refractivity contribution is 5.98. The number of amides is 1. The van der Waals surface area contributed by atoms with Gasteiger partial charge in [0.2, 0.25) is 0 Å². The lowest BCUT2D eigenvalue weighted by molar-refractivity contribution is -0.384. The SMILES string of the molecule is COC(=O)c1cccc([N+](=O)[O-])c1N1CCN(C(=O)OC(C)(C)C)CC1. The Morgan fingerprint density at radius 2 is 1.77 bits per heavy atom. The molecule has 1 aliphatic heterocycles. The van der Waals surface area contributed by atoms with Gasteiger partial charge in [-0.25, -0.2) is 9.59 Å².